The minimum absolute atomic E-state index is 0.0425. The highest BCUT2D eigenvalue weighted by atomic mass is 79.9. The third kappa shape index (κ3) is 4.25. The van der Waals surface area contributed by atoms with Crippen LogP contribution < -0.4 is 4.90 Å². The van der Waals surface area contributed by atoms with E-state index in [0.717, 1.165) is 68.2 Å². The van der Waals surface area contributed by atoms with E-state index >= 15 is 0 Å². The van der Waals surface area contributed by atoms with Crippen molar-refractivity contribution in [1.29, 1.82) is 0 Å². The van der Waals surface area contributed by atoms with Crippen LogP contribution in [0.15, 0.2) is 35.2 Å². The maximum Gasteiger partial charge on any atom is 0.255 e. The van der Waals surface area contributed by atoms with Crippen molar-refractivity contribution in [3.05, 3.63) is 46.6 Å². The number of aromatic nitrogens is 3. The van der Waals surface area contributed by atoms with Crippen LogP contribution in [0.2, 0.25) is 0 Å². The molecule has 170 valence electrons. The number of pyridine rings is 1. The Morgan fingerprint density at radius 2 is 2.00 bits per heavy atom. The fourth-order valence-corrected chi connectivity index (χ4v) is 5.27. The first-order valence-electron chi connectivity index (χ1n) is 11.3. The number of rotatable bonds is 3. The normalized spacial score (nSPS) is 26.6. The van der Waals surface area contributed by atoms with Gasteiger partial charge in [0, 0.05) is 63.8 Å². The number of piperidine rings is 1. The van der Waals surface area contributed by atoms with Gasteiger partial charge >= 0.3 is 0 Å². The van der Waals surface area contributed by atoms with E-state index in [1.165, 1.54) is 0 Å². The molecule has 8 nitrogen and oxygen atoms in total. The summed E-state index contributed by atoms with van der Waals surface area (Å²) < 4.78 is 6.55. The Kier molecular flexibility index (Phi) is 6.14. The minimum Gasteiger partial charge on any atom is -0.379 e. The van der Waals surface area contributed by atoms with E-state index in [-0.39, 0.29) is 17.4 Å². The summed E-state index contributed by atoms with van der Waals surface area (Å²) in [6.45, 7) is 5.57. The molecule has 3 aliphatic rings. The lowest BCUT2D eigenvalue weighted by atomic mass is 9.93. The molecule has 2 unspecified atom stereocenters. The Balaban J connectivity index is 1.25. The molecule has 1 spiro atoms. The molecule has 2 aromatic rings. The van der Waals surface area contributed by atoms with Gasteiger partial charge in [0.25, 0.3) is 5.91 Å². The van der Waals surface area contributed by atoms with Crippen LogP contribution in [-0.4, -0.2) is 89.2 Å². The molecule has 1 amide bonds. The number of carbonyl (C=O) groups is 1. The van der Waals surface area contributed by atoms with Gasteiger partial charge in [0.2, 0.25) is 0 Å². The monoisotopic (exact) mass is 500 g/mol. The van der Waals surface area contributed by atoms with Gasteiger partial charge < -0.3 is 14.5 Å². The summed E-state index contributed by atoms with van der Waals surface area (Å²) in [4.78, 5) is 33.4. The summed E-state index contributed by atoms with van der Waals surface area (Å²) in [5, 5.41) is 0. The molecule has 32 heavy (non-hydrogen) atoms. The first-order valence-corrected chi connectivity index (χ1v) is 12.1. The van der Waals surface area contributed by atoms with Gasteiger partial charge in [-0.15, -0.1) is 0 Å². The van der Waals surface area contributed by atoms with E-state index in [1.807, 2.05) is 17.0 Å². The first kappa shape index (κ1) is 21.7. The zero-order chi connectivity index (χ0) is 22.1. The number of ether oxygens (including phenoxy) is 1. The van der Waals surface area contributed by atoms with E-state index in [2.05, 4.69) is 47.7 Å². The molecular weight excluding hydrogens is 472 g/mol. The Labute approximate surface area is 197 Å². The van der Waals surface area contributed by atoms with E-state index in [4.69, 9.17) is 4.74 Å². The van der Waals surface area contributed by atoms with E-state index < -0.39 is 0 Å². The molecular formula is C23H29BrN6O2. The summed E-state index contributed by atoms with van der Waals surface area (Å²) in [5.41, 5.74) is 0.608. The zero-order valence-electron chi connectivity index (χ0n) is 18.4. The van der Waals surface area contributed by atoms with Crippen LogP contribution >= 0.6 is 15.9 Å². The lowest BCUT2D eigenvalue weighted by Crippen LogP contribution is -2.62. The highest BCUT2D eigenvalue weighted by Gasteiger charge is 2.44. The molecule has 0 radical (unpaired) electrons. The second-order valence-electron chi connectivity index (χ2n) is 9.12. The Morgan fingerprint density at radius 3 is 2.72 bits per heavy atom. The molecule has 5 rings (SSSR count). The number of likely N-dealkylation sites (N-methyl/N-ethyl adjacent to an activating group) is 1. The average Bonchev–Trinajstić information content (AvgIpc) is 3.30. The number of halogens is 1. The van der Waals surface area contributed by atoms with Crippen LogP contribution in [0.25, 0.3) is 0 Å². The van der Waals surface area contributed by atoms with E-state index in [1.54, 1.807) is 18.6 Å². The summed E-state index contributed by atoms with van der Waals surface area (Å²) in [5.74, 6) is 2.13. The van der Waals surface area contributed by atoms with Gasteiger partial charge in [-0.25, -0.2) is 15.0 Å². The summed E-state index contributed by atoms with van der Waals surface area (Å²) >= 11 is 3.40. The summed E-state index contributed by atoms with van der Waals surface area (Å²) in [7, 11) is 2.14. The minimum atomic E-state index is -0.0425. The highest BCUT2D eigenvalue weighted by Crippen LogP contribution is 2.30. The van der Waals surface area contributed by atoms with Crippen molar-refractivity contribution >= 4 is 27.7 Å². The molecule has 0 bridgehead atoms. The van der Waals surface area contributed by atoms with Crippen molar-refractivity contribution in [3.63, 3.8) is 0 Å². The van der Waals surface area contributed by atoms with Crippen molar-refractivity contribution in [2.45, 2.75) is 30.7 Å². The lowest BCUT2D eigenvalue weighted by Gasteiger charge is -2.46. The number of nitrogens with zero attached hydrogens (tertiary/aromatic N) is 6. The largest absolute Gasteiger partial charge is 0.379 e. The molecule has 3 saturated heterocycles. The second-order valence-corrected chi connectivity index (χ2v) is 10.0. The molecule has 3 aliphatic heterocycles. The standard InChI is InChI=1S/C23H29BrN6O2/c1-28-8-9-30(15-23(28)6-10-32-16-23)22(31)17-4-5-20(25-11-17)29-7-2-3-18(14-29)21-26-12-19(24)13-27-21/h4-5,11-13,18H,2-3,6-10,14-16H2,1H3. The van der Waals surface area contributed by atoms with Crippen LogP contribution in [0.3, 0.4) is 0 Å². The smallest absolute Gasteiger partial charge is 0.255 e. The van der Waals surface area contributed by atoms with Crippen LogP contribution in [0.5, 0.6) is 0 Å². The number of hydrogen-bond acceptors (Lipinski definition) is 7. The van der Waals surface area contributed by atoms with E-state index in [9.17, 15) is 4.79 Å². The molecule has 0 aromatic carbocycles. The van der Waals surface area contributed by atoms with Crippen LogP contribution in [0.1, 0.15) is 41.4 Å². The average molecular weight is 501 g/mol. The number of carbonyl (C=O) groups excluding carboxylic acids is 1. The number of amides is 1. The first-order chi connectivity index (χ1) is 15.5. The van der Waals surface area contributed by atoms with Gasteiger partial charge in [-0.3, -0.25) is 9.69 Å². The molecule has 0 aliphatic carbocycles. The zero-order valence-corrected chi connectivity index (χ0v) is 20.0. The van der Waals surface area contributed by atoms with E-state index in [0.29, 0.717) is 18.7 Å². The molecule has 0 N–H and O–H groups in total. The number of piperazine rings is 1. The topological polar surface area (TPSA) is 74.7 Å². The maximum absolute atomic E-state index is 13.2. The van der Waals surface area contributed by atoms with Crippen molar-refractivity contribution < 1.29 is 9.53 Å². The number of hydrogen-bond donors (Lipinski definition) is 0. The maximum atomic E-state index is 13.2. The Morgan fingerprint density at radius 1 is 1.16 bits per heavy atom. The predicted molar refractivity (Wildman–Crippen MR) is 125 cm³/mol. The Bertz CT molecular complexity index is 948. The fraction of sp³-hybridized carbons (Fsp3) is 0.565. The van der Waals surface area contributed by atoms with Crippen molar-refractivity contribution in [3.8, 4) is 0 Å². The van der Waals surface area contributed by atoms with Crippen molar-refractivity contribution in [2.24, 2.45) is 0 Å². The highest BCUT2D eigenvalue weighted by molar-refractivity contribution is 9.10. The van der Waals surface area contributed by atoms with Gasteiger partial charge in [-0.05, 0) is 54.4 Å². The van der Waals surface area contributed by atoms with Gasteiger partial charge in [0.15, 0.2) is 0 Å². The summed E-state index contributed by atoms with van der Waals surface area (Å²) in [6.07, 6.45) is 8.46. The molecule has 9 heteroatoms. The van der Waals surface area contributed by atoms with Gasteiger partial charge in [0.05, 0.1) is 22.2 Å². The predicted octanol–water partition coefficient (Wildman–Crippen LogP) is 2.56. The fourth-order valence-electron chi connectivity index (χ4n) is 5.07. The van der Waals surface area contributed by atoms with Crippen LogP contribution in [0.4, 0.5) is 5.82 Å². The van der Waals surface area contributed by atoms with Crippen LogP contribution in [-0.2, 0) is 4.74 Å². The second kappa shape index (κ2) is 9.03. The van der Waals surface area contributed by atoms with Gasteiger partial charge in [-0.2, -0.15) is 0 Å². The number of anilines is 1. The molecule has 0 saturated carbocycles. The SMILES string of the molecule is CN1CCN(C(=O)c2ccc(N3CCCC(c4ncc(Br)cn4)C3)nc2)CC12CCOC2. The van der Waals surface area contributed by atoms with Gasteiger partial charge in [-0.1, -0.05) is 0 Å². The molecule has 3 fully saturated rings. The molecule has 5 heterocycles. The van der Waals surface area contributed by atoms with Crippen molar-refractivity contribution in [2.75, 3.05) is 57.9 Å². The Hall–Kier alpha value is -2.10. The third-order valence-corrected chi connectivity index (χ3v) is 7.53. The summed E-state index contributed by atoms with van der Waals surface area (Å²) in [6, 6.07) is 3.89. The van der Waals surface area contributed by atoms with Crippen molar-refractivity contribution in [1.82, 2.24) is 24.8 Å². The quantitative estimate of drug-likeness (QED) is 0.640. The molecule has 2 aromatic heterocycles. The van der Waals surface area contributed by atoms with Crippen LogP contribution in [0, 0.1) is 0 Å². The third-order valence-electron chi connectivity index (χ3n) is 7.12. The van der Waals surface area contributed by atoms with Gasteiger partial charge in [0.1, 0.15) is 11.6 Å². The molecule has 2 atom stereocenters. The lowest BCUT2D eigenvalue weighted by molar-refractivity contribution is 0.00924.